The maximum atomic E-state index is 12.4. The second-order valence-corrected chi connectivity index (χ2v) is 7.22. The third-order valence-electron chi connectivity index (χ3n) is 4.23. The van der Waals surface area contributed by atoms with Crippen LogP contribution in [-0.2, 0) is 14.4 Å². The van der Waals surface area contributed by atoms with Crippen LogP contribution in [0.15, 0.2) is 36.4 Å². The molecule has 166 valence electrons. The molecule has 0 aliphatic carbocycles. The SMILES string of the molecule is CC(=O)NCCNc1cc(NC(=O)C(=O)N(C)CCN(C)C)nc(-c2ccccc2)n1. The summed E-state index contributed by atoms with van der Waals surface area (Å²) >= 11 is 0. The molecule has 3 amide bonds. The molecule has 1 aromatic carbocycles. The second kappa shape index (κ2) is 11.6. The molecule has 0 radical (unpaired) electrons. The first-order valence-corrected chi connectivity index (χ1v) is 9.90. The second-order valence-electron chi connectivity index (χ2n) is 7.22. The third kappa shape index (κ3) is 8.01. The van der Waals surface area contributed by atoms with E-state index in [1.807, 2.05) is 49.3 Å². The van der Waals surface area contributed by atoms with Crippen LogP contribution in [0.5, 0.6) is 0 Å². The number of hydrogen-bond acceptors (Lipinski definition) is 7. The Balaban J connectivity index is 2.16. The summed E-state index contributed by atoms with van der Waals surface area (Å²) in [6.45, 7) is 3.36. The lowest BCUT2D eigenvalue weighted by Crippen LogP contribution is -2.40. The third-order valence-corrected chi connectivity index (χ3v) is 4.23. The zero-order chi connectivity index (χ0) is 22.8. The maximum Gasteiger partial charge on any atom is 0.315 e. The van der Waals surface area contributed by atoms with Gasteiger partial charge in [-0.2, -0.15) is 0 Å². The summed E-state index contributed by atoms with van der Waals surface area (Å²) in [5.41, 5.74) is 0.762. The van der Waals surface area contributed by atoms with Crippen molar-refractivity contribution < 1.29 is 14.4 Å². The van der Waals surface area contributed by atoms with Crippen LogP contribution in [0.1, 0.15) is 6.92 Å². The van der Waals surface area contributed by atoms with Crippen LogP contribution < -0.4 is 16.0 Å². The summed E-state index contributed by atoms with van der Waals surface area (Å²) in [6.07, 6.45) is 0. The van der Waals surface area contributed by atoms with Gasteiger partial charge in [-0.05, 0) is 14.1 Å². The van der Waals surface area contributed by atoms with Gasteiger partial charge in [-0.25, -0.2) is 9.97 Å². The van der Waals surface area contributed by atoms with E-state index in [2.05, 4.69) is 25.9 Å². The van der Waals surface area contributed by atoms with E-state index < -0.39 is 11.8 Å². The first kappa shape index (κ1) is 23.7. The van der Waals surface area contributed by atoms with Crippen molar-refractivity contribution in [2.75, 3.05) is 58.0 Å². The fraction of sp³-hybridized carbons (Fsp3) is 0.381. The molecule has 0 atom stereocenters. The van der Waals surface area contributed by atoms with Crippen LogP contribution >= 0.6 is 0 Å². The van der Waals surface area contributed by atoms with E-state index in [9.17, 15) is 14.4 Å². The zero-order valence-corrected chi connectivity index (χ0v) is 18.3. The van der Waals surface area contributed by atoms with Crippen LogP contribution in [0.2, 0.25) is 0 Å². The Morgan fingerprint density at radius 1 is 0.935 bits per heavy atom. The van der Waals surface area contributed by atoms with E-state index in [4.69, 9.17) is 0 Å². The Labute approximate surface area is 182 Å². The smallest absolute Gasteiger partial charge is 0.315 e. The molecule has 2 rings (SSSR count). The fourth-order valence-corrected chi connectivity index (χ4v) is 2.54. The van der Waals surface area contributed by atoms with Gasteiger partial charge < -0.3 is 25.8 Å². The van der Waals surface area contributed by atoms with E-state index >= 15 is 0 Å². The van der Waals surface area contributed by atoms with Gasteiger partial charge in [0.05, 0.1) is 0 Å². The minimum Gasteiger partial charge on any atom is -0.368 e. The van der Waals surface area contributed by atoms with Gasteiger partial charge in [0.1, 0.15) is 11.6 Å². The molecule has 10 heteroatoms. The van der Waals surface area contributed by atoms with Gasteiger partial charge in [-0.3, -0.25) is 14.4 Å². The van der Waals surface area contributed by atoms with Crippen molar-refractivity contribution in [3.05, 3.63) is 36.4 Å². The highest BCUT2D eigenvalue weighted by molar-refractivity contribution is 6.39. The first-order valence-electron chi connectivity index (χ1n) is 9.90. The number of nitrogens with one attached hydrogen (secondary N) is 3. The molecule has 0 bridgehead atoms. The quantitative estimate of drug-likeness (QED) is 0.397. The van der Waals surface area contributed by atoms with E-state index in [1.54, 1.807) is 13.1 Å². The molecule has 1 heterocycles. The average Bonchev–Trinajstić information content (AvgIpc) is 2.74. The van der Waals surface area contributed by atoms with Gasteiger partial charge in [0.25, 0.3) is 0 Å². The molecular formula is C21H29N7O3. The van der Waals surface area contributed by atoms with Crippen molar-refractivity contribution in [1.29, 1.82) is 0 Å². The lowest BCUT2D eigenvalue weighted by molar-refractivity contribution is -0.142. The zero-order valence-electron chi connectivity index (χ0n) is 18.3. The molecule has 0 unspecified atom stereocenters. The topological polar surface area (TPSA) is 120 Å². The lowest BCUT2D eigenvalue weighted by Gasteiger charge is -2.19. The van der Waals surface area contributed by atoms with Crippen molar-refractivity contribution >= 4 is 29.4 Å². The van der Waals surface area contributed by atoms with Crippen molar-refractivity contribution in [1.82, 2.24) is 25.1 Å². The van der Waals surface area contributed by atoms with Crippen LogP contribution in [0.4, 0.5) is 11.6 Å². The molecule has 10 nitrogen and oxygen atoms in total. The number of hydrogen-bond donors (Lipinski definition) is 3. The van der Waals surface area contributed by atoms with E-state index in [0.29, 0.717) is 37.8 Å². The number of carbonyl (C=O) groups is 3. The van der Waals surface area contributed by atoms with Crippen molar-refractivity contribution in [3.63, 3.8) is 0 Å². The molecule has 0 spiro atoms. The Bertz CT molecular complexity index is 903. The molecule has 0 fully saturated rings. The number of benzene rings is 1. The summed E-state index contributed by atoms with van der Waals surface area (Å²) < 4.78 is 0. The standard InChI is InChI=1S/C21H29N7O3/c1-15(29)22-10-11-23-17-14-18(25-19(24-17)16-8-6-5-7-9-16)26-20(30)21(31)28(4)13-12-27(2)3/h5-9,14H,10-13H2,1-4H3,(H,22,29)(H2,23,24,25,26,30). The number of amides is 3. The molecule has 0 saturated heterocycles. The van der Waals surface area contributed by atoms with Crippen LogP contribution in [0, 0.1) is 0 Å². The number of nitrogens with zero attached hydrogens (tertiary/aromatic N) is 4. The van der Waals surface area contributed by atoms with Crippen LogP contribution in [0.3, 0.4) is 0 Å². The van der Waals surface area contributed by atoms with Crippen molar-refractivity contribution in [2.24, 2.45) is 0 Å². The molecule has 1 aromatic heterocycles. The molecule has 0 aliphatic rings. The van der Waals surface area contributed by atoms with E-state index in [-0.39, 0.29) is 11.7 Å². The number of rotatable bonds is 9. The Morgan fingerprint density at radius 2 is 1.61 bits per heavy atom. The van der Waals surface area contributed by atoms with Gasteiger partial charge in [0.15, 0.2) is 5.82 Å². The summed E-state index contributed by atoms with van der Waals surface area (Å²) in [5.74, 6) is -0.489. The number of aromatic nitrogens is 2. The normalized spacial score (nSPS) is 10.5. The lowest BCUT2D eigenvalue weighted by atomic mass is 10.2. The molecular weight excluding hydrogens is 398 g/mol. The summed E-state index contributed by atoms with van der Waals surface area (Å²) in [5, 5.41) is 8.34. The highest BCUT2D eigenvalue weighted by Gasteiger charge is 2.20. The Morgan fingerprint density at radius 3 is 2.26 bits per heavy atom. The van der Waals surface area contributed by atoms with Gasteiger partial charge in [-0.1, -0.05) is 30.3 Å². The average molecular weight is 428 g/mol. The van der Waals surface area contributed by atoms with Crippen LogP contribution in [-0.4, -0.2) is 84.8 Å². The van der Waals surface area contributed by atoms with Gasteiger partial charge in [-0.15, -0.1) is 0 Å². The summed E-state index contributed by atoms with van der Waals surface area (Å²) in [7, 11) is 5.37. The summed E-state index contributed by atoms with van der Waals surface area (Å²) in [4.78, 5) is 48.0. The highest BCUT2D eigenvalue weighted by atomic mass is 16.2. The predicted molar refractivity (Wildman–Crippen MR) is 119 cm³/mol. The molecule has 2 aromatic rings. The van der Waals surface area contributed by atoms with Gasteiger partial charge in [0, 0.05) is 51.8 Å². The summed E-state index contributed by atoms with van der Waals surface area (Å²) in [6, 6.07) is 10.8. The number of likely N-dealkylation sites (N-methyl/N-ethyl adjacent to an activating group) is 2. The maximum absolute atomic E-state index is 12.4. The monoisotopic (exact) mass is 427 g/mol. The molecule has 3 N–H and O–H groups in total. The van der Waals surface area contributed by atoms with Gasteiger partial charge >= 0.3 is 11.8 Å². The van der Waals surface area contributed by atoms with Crippen molar-refractivity contribution in [3.8, 4) is 11.4 Å². The molecule has 0 saturated carbocycles. The largest absolute Gasteiger partial charge is 0.368 e. The van der Waals surface area contributed by atoms with E-state index in [0.717, 1.165) is 5.56 Å². The predicted octanol–water partition coefficient (Wildman–Crippen LogP) is 0.650. The number of anilines is 2. The van der Waals surface area contributed by atoms with Crippen LogP contribution in [0.25, 0.3) is 11.4 Å². The minimum absolute atomic E-state index is 0.126. The number of carbonyl (C=O) groups excluding carboxylic acids is 3. The first-order chi connectivity index (χ1) is 14.8. The molecule has 31 heavy (non-hydrogen) atoms. The molecule has 0 aliphatic heterocycles. The Hall–Kier alpha value is -3.53. The minimum atomic E-state index is -0.775. The van der Waals surface area contributed by atoms with Crippen molar-refractivity contribution in [2.45, 2.75) is 6.92 Å². The van der Waals surface area contributed by atoms with E-state index in [1.165, 1.54) is 11.8 Å². The Kier molecular flexibility index (Phi) is 8.89. The fourth-order valence-electron chi connectivity index (χ4n) is 2.54. The highest BCUT2D eigenvalue weighted by Crippen LogP contribution is 2.20. The van der Waals surface area contributed by atoms with Gasteiger partial charge in [0.2, 0.25) is 5.91 Å².